The molecule has 0 bridgehead atoms. The van der Waals surface area contributed by atoms with Crippen LogP contribution in [0.1, 0.15) is 26.7 Å². The second-order valence-corrected chi connectivity index (χ2v) is 5.77. The summed E-state index contributed by atoms with van der Waals surface area (Å²) in [7, 11) is 1.56. The molecule has 4 N–H and O–H groups in total. The third-order valence-electron chi connectivity index (χ3n) is 3.84. The summed E-state index contributed by atoms with van der Waals surface area (Å²) in [6.45, 7) is 8.15. The van der Waals surface area contributed by atoms with E-state index in [9.17, 15) is 4.39 Å². The number of hydrogen-bond donors (Lipinski definition) is 3. The second kappa shape index (κ2) is 15.7. The number of aliphatic hydroxyl groups excluding tert-OH is 1. The zero-order valence-corrected chi connectivity index (χ0v) is 15.5. The summed E-state index contributed by atoms with van der Waals surface area (Å²) >= 11 is 0. The fourth-order valence-electron chi connectivity index (χ4n) is 2.56. The van der Waals surface area contributed by atoms with Gasteiger partial charge < -0.3 is 25.8 Å². The third-order valence-corrected chi connectivity index (χ3v) is 3.84. The van der Waals surface area contributed by atoms with E-state index < -0.39 is 18.8 Å². The molecule has 2 atom stereocenters. The number of aliphatic hydroxyl groups is 1. The zero-order valence-electron chi connectivity index (χ0n) is 15.5. The molecule has 0 aliphatic rings. The summed E-state index contributed by atoms with van der Waals surface area (Å²) in [4.78, 5) is 2.39. The van der Waals surface area contributed by atoms with Crippen molar-refractivity contribution in [1.82, 2.24) is 10.2 Å². The van der Waals surface area contributed by atoms with Gasteiger partial charge in [-0.2, -0.15) is 0 Å². The van der Waals surface area contributed by atoms with Crippen LogP contribution < -0.4 is 11.1 Å². The van der Waals surface area contributed by atoms with Crippen LogP contribution in [-0.4, -0.2) is 75.3 Å². The molecule has 0 rings (SSSR count). The van der Waals surface area contributed by atoms with Crippen LogP contribution in [0.5, 0.6) is 0 Å². The van der Waals surface area contributed by atoms with Crippen molar-refractivity contribution in [3.63, 3.8) is 0 Å². The van der Waals surface area contributed by atoms with E-state index in [1.807, 2.05) is 19.1 Å². The molecule has 0 aliphatic heterocycles. The maximum Gasteiger partial charge on any atom is 0.107 e. The largest absolute Gasteiger partial charge is 0.395 e. The van der Waals surface area contributed by atoms with Crippen LogP contribution in [0.3, 0.4) is 0 Å². The van der Waals surface area contributed by atoms with Gasteiger partial charge in [-0.05, 0) is 31.9 Å². The van der Waals surface area contributed by atoms with E-state index in [2.05, 4.69) is 23.2 Å². The minimum atomic E-state index is -0.639. The fraction of sp³-hybridized carbons (Fsp3) is 0.778. The molecule has 0 aliphatic carbocycles. The first-order valence-corrected chi connectivity index (χ1v) is 8.85. The predicted molar refractivity (Wildman–Crippen MR) is 98.9 cm³/mol. The quantitative estimate of drug-likeness (QED) is 0.310. The molecule has 0 fully saturated rings. The van der Waals surface area contributed by atoms with Gasteiger partial charge in [0.2, 0.25) is 0 Å². The van der Waals surface area contributed by atoms with Gasteiger partial charge in [-0.15, -0.1) is 0 Å². The highest BCUT2D eigenvalue weighted by Crippen LogP contribution is 2.12. The second-order valence-electron chi connectivity index (χ2n) is 5.77. The number of allylic oxidation sites excluding steroid dienone is 1. The maximum atomic E-state index is 12.8. The Balaban J connectivity index is 4.36. The number of ether oxygens (including phenoxy) is 1. The average Bonchev–Trinajstić information content (AvgIpc) is 2.60. The molecule has 6 heteroatoms. The van der Waals surface area contributed by atoms with E-state index in [1.54, 1.807) is 7.11 Å². The van der Waals surface area contributed by atoms with Crippen molar-refractivity contribution < 1.29 is 14.2 Å². The number of nitrogens with zero attached hydrogens (tertiary/aromatic N) is 1. The lowest BCUT2D eigenvalue weighted by Gasteiger charge is -2.22. The van der Waals surface area contributed by atoms with E-state index in [-0.39, 0.29) is 6.61 Å². The van der Waals surface area contributed by atoms with E-state index in [4.69, 9.17) is 15.6 Å². The van der Waals surface area contributed by atoms with Crippen LogP contribution >= 0.6 is 0 Å². The molecule has 0 radical (unpaired) electrons. The lowest BCUT2D eigenvalue weighted by atomic mass is 10.0. The lowest BCUT2D eigenvalue weighted by molar-refractivity contribution is 0.102. The third kappa shape index (κ3) is 10.2. The van der Waals surface area contributed by atoms with Crippen LogP contribution in [0.25, 0.3) is 0 Å². The number of alkyl halides is 1. The Hall–Kier alpha value is -0.790. The highest BCUT2D eigenvalue weighted by Gasteiger charge is 2.19. The summed E-state index contributed by atoms with van der Waals surface area (Å²) in [6, 6.07) is -0.639. The van der Waals surface area contributed by atoms with Crippen LogP contribution in [0.4, 0.5) is 4.39 Å². The van der Waals surface area contributed by atoms with E-state index in [0.29, 0.717) is 6.54 Å². The standard InChI is InChI=1S/C18H36FN3O2/c1-4-11-22(13-9-21-10-14-23)12-7-6-8-16(5-2)18(24-3)17(20)15-19/h5-6,8,17-18,21,23H,4,7,9-15,20H2,1-3H3/b8-6-,16-5+. The number of methoxy groups -OCH3 is 1. The minimum absolute atomic E-state index is 0.171. The van der Waals surface area contributed by atoms with Gasteiger partial charge >= 0.3 is 0 Å². The van der Waals surface area contributed by atoms with Crippen LogP contribution in [0.2, 0.25) is 0 Å². The molecule has 142 valence electrons. The van der Waals surface area contributed by atoms with Gasteiger partial charge in [0.05, 0.1) is 18.8 Å². The first-order chi connectivity index (χ1) is 11.6. The highest BCUT2D eigenvalue weighted by atomic mass is 19.1. The van der Waals surface area contributed by atoms with Gasteiger partial charge in [0.25, 0.3) is 0 Å². The Morgan fingerprint density at radius 2 is 2.08 bits per heavy atom. The van der Waals surface area contributed by atoms with Crippen molar-refractivity contribution in [2.45, 2.75) is 38.8 Å². The van der Waals surface area contributed by atoms with E-state index >= 15 is 0 Å². The van der Waals surface area contributed by atoms with Crippen molar-refractivity contribution >= 4 is 0 Å². The summed E-state index contributed by atoms with van der Waals surface area (Å²) in [5.41, 5.74) is 6.68. The lowest BCUT2D eigenvalue weighted by Crippen LogP contribution is -2.39. The smallest absolute Gasteiger partial charge is 0.107 e. The molecule has 0 heterocycles. The summed E-state index contributed by atoms with van der Waals surface area (Å²) in [5.74, 6) is 0. The first-order valence-electron chi connectivity index (χ1n) is 8.85. The van der Waals surface area contributed by atoms with Crippen molar-refractivity contribution in [3.8, 4) is 0 Å². The van der Waals surface area contributed by atoms with Crippen molar-refractivity contribution in [3.05, 3.63) is 23.8 Å². The van der Waals surface area contributed by atoms with Crippen LogP contribution in [0, 0.1) is 0 Å². The molecule has 0 aromatic carbocycles. The predicted octanol–water partition coefficient (Wildman–Crippen LogP) is 1.48. The van der Waals surface area contributed by atoms with Gasteiger partial charge in [0.1, 0.15) is 6.67 Å². The van der Waals surface area contributed by atoms with Gasteiger partial charge in [-0.25, -0.2) is 4.39 Å². The molecule has 0 amide bonds. The Kier molecular flexibility index (Phi) is 15.2. The van der Waals surface area contributed by atoms with E-state index in [0.717, 1.165) is 44.6 Å². The Labute approximate surface area is 146 Å². The van der Waals surface area contributed by atoms with E-state index in [1.165, 1.54) is 0 Å². The zero-order chi connectivity index (χ0) is 18.2. The van der Waals surface area contributed by atoms with Crippen molar-refractivity contribution in [1.29, 1.82) is 0 Å². The normalized spacial score (nSPS) is 15.4. The SMILES string of the molecule is C/C=C(\C=C/CCN(CCC)CCNCCO)C(OC)C(N)CF. The molecule has 0 aromatic rings. The summed E-state index contributed by atoms with van der Waals surface area (Å²) < 4.78 is 18.1. The minimum Gasteiger partial charge on any atom is -0.395 e. The topological polar surface area (TPSA) is 70.8 Å². The van der Waals surface area contributed by atoms with Gasteiger partial charge in [0, 0.05) is 33.3 Å². The average molecular weight is 346 g/mol. The number of nitrogens with one attached hydrogen (secondary N) is 1. The number of nitrogens with two attached hydrogens (primary N) is 1. The molecule has 0 spiro atoms. The molecule has 0 aromatic heterocycles. The first kappa shape index (κ1) is 23.2. The maximum absolute atomic E-state index is 12.8. The van der Waals surface area contributed by atoms with Gasteiger partial charge in [-0.3, -0.25) is 0 Å². The monoisotopic (exact) mass is 345 g/mol. The molecule has 0 saturated heterocycles. The molecule has 5 nitrogen and oxygen atoms in total. The van der Waals surface area contributed by atoms with Gasteiger partial charge in [-0.1, -0.05) is 25.2 Å². The Morgan fingerprint density at radius 1 is 1.33 bits per heavy atom. The molecule has 2 unspecified atom stereocenters. The summed E-state index contributed by atoms with van der Waals surface area (Å²) in [6.07, 6.45) is 7.61. The summed E-state index contributed by atoms with van der Waals surface area (Å²) in [5, 5.41) is 12.0. The van der Waals surface area contributed by atoms with Crippen LogP contribution in [0.15, 0.2) is 23.8 Å². The molecule has 24 heavy (non-hydrogen) atoms. The molecular weight excluding hydrogens is 309 g/mol. The number of hydrogen-bond acceptors (Lipinski definition) is 5. The van der Waals surface area contributed by atoms with Crippen LogP contribution in [-0.2, 0) is 4.74 Å². The van der Waals surface area contributed by atoms with Crippen molar-refractivity contribution in [2.24, 2.45) is 5.73 Å². The molecular formula is C18H36FN3O2. The fourth-order valence-corrected chi connectivity index (χ4v) is 2.56. The molecule has 0 saturated carbocycles. The number of halogens is 1. The highest BCUT2D eigenvalue weighted by molar-refractivity contribution is 5.24. The number of rotatable bonds is 15. The van der Waals surface area contributed by atoms with Crippen molar-refractivity contribution in [2.75, 3.05) is 53.1 Å². The Morgan fingerprint density at radius 3 is 2.62 bits per heavy atom. The Bertz CT molecular complexity index is 351. The van der Waals surface area contributed by atoms with Gasteiger partial charge in [0.15, 0.2) is 0 Å².